The fourth-order valence-corrected chi connectivity index (χ4v) is 1.79. The third-order valence-electron chi connectivity index (χ3n) is 2.83. The Morgan fingerprint density at radius 2 is 2.11 bits per heavy atom. The number of nitrogens with zero attached hydrogens (tertiary/aromatic N) is 2. The second-order valence-corrected chi connectivity index (χ2v) is 4.47. The van der Waals surface area contributed by atoms with Crippen molar-refractivity contribution in [1.82, 2.24) is 9.55 Å². The highest BCUT2D eigenvalue weighted by atomic mass is 16.4. The molecular formula is C14H16N2O2. The molecule has 0 saturated heterocycles. The first kappa shape index (κ1) is 12.4. The van der Waals surface area contributed by atoms with Crippen LogP contribution in [0.1, 0.15) is 18.2 Å². The standard InChI is InChI=1S/C14H16N2O2/c1-11(14(17)18)7-13-9-16(10-15-13)8-12-5-3-2-4-6-12/h2-6,9-11H,7-8H2,1H3,(H,17,18)/t11-/m0/s1. The summed E-state index contributed by atoms with van der Waals surface area (Å²) < 4.78 is 1.97. The van der Waals surface area contributed by atoms with Gasteiger partial charge in [-0.05, 0) is 5.56 Å². The van der Waals surface area contributed by atoms with Crippen molar-refractivity contribution in [2.75, 3.05) is 0 Å². The number of aromatic nitrogens is 2. The molecule has 0 unspecified atom stereocenters. The van der Waals surface area contributed by atoms with Crippen LogP contribution in [0, 0.1) is 5.92 Å². The monoisotopic (exact) mass is 244 g/mol. The SMILES string of the molecule is C[C@@H](Cc1cn(Cc2ccccc2)cn1)C(=O)O. The average molecular weight is 244 g/mol. The van der Waals surface area contributed by atoms with Crippen molar-refractivity contribution in [3.05, 3.63) is 54.1 Å². The van der Waals surface area contributed by atoms with Crippen molar-refractivity contribution in [3.8, 4) is 0 Å². The molecule has 0 aliphatic carbocycles. The first-order chi connectivity index (χ1) is 8.65. The zero-order chi connectivity index (χ0) is 13.0. The highest BCUT2D eigenvalue weighted by Crippen LogP contribution is 2.08. The Morgan fingerprint density at radius 1 is 1.39 bits per heavy atom. The summed E-state index contributed by atoms with van der Waals surface area (Å²) in [6.45, 7) is 2.45. The maximum atomic E-state index is 10.8. The van der Waals surface area contributed by atoms with Gasteiger partial charge in [0.1, 0.15) is 0 Å². The third-order valence-corrected chi connectivity index (χ3v) is 2.83. The van der Waals surface area contributed by atoms with Crippen LogP contribution in [0.4, 0.5) is 0 Å². The van der Waals surface area contributed by atoms with Gasteiger partial charge in [0.15, 0.2) is 0 Å². The number of hydrogen-bond acceptors (Lipinski definition) is 2. The Labute approximate surface area is 106 Å². The predicted molar refractivity (Wildman–Crippen MR) is 68.3 cm³/mol. The van der Waals surface area contributed by atoms with Crippen LogP contribution in [0.15, 0.2) is 42.9 Å². The van der Waals surface area contributed by atoms with Crippen LogP contribution in [0.5, 0.6) is 0 Å². The molecule has 1 heterocycles. The van der Waals surface area contributed by atoms with Crippen LogP contribution in [0.25, 0.3) is 0 Å². The van der Waals surface area contributed by atoms with Gasteiger partial charge in [0.2, 0.25) is 0 Å². The molecule has 2 aromatic rings. The summed E-state index contributed by atoms with van der Waals surface area (Å²) in [7, 11) is 0. The molecule has 4 heteroatoms. The number of carboxylic acids is 1. The number of benzene rings is 1. The highest BCUT2D eigenvalue weighted by molar-refractivity contribution is 5.69. The van der Waals surface area contributed by atoms with Gasteiger partial charge in [-0.3, -0.25) is 4.79 Å². The van der Waals surface area contributed by atoms with Crippen molar-refractivity contribution < 1.29 is 9.90 Å². The van der Waals surface area contributed by atoms with Crippen LogP contribution in [-0.2, 0) is 17.8 Å². The predicted octanol–water partition coefficient (Wildman–Crippen LogP) is 2.19. The fraction of sp³-hybridized carbons (Fsp3) is 0.286. The van der Waals surface area contributed by atoms with Gasteiger partial charge in [-0.25, -0.2) is 4.98 Å². The Morgan fingerprint density at radius 3 is 2.78 bits per heavy atom. The van der Waals surface area contributed by atoms with Crippen LogP contribution in [0.3, 0.4) is 0 Å². The Hall–Kier alpha value is -2.10. The van der Waals surface area contributed by atoms with Gasteiger partial charge in [-0.2, -0.15) is 0 Å². The van der Waals surface area contributed by atoms with Crippen LogP contribution in [0.2, 0.25) is 0 Å². The molecule has 1 N–H and O–H groups in total. The van der Waals surface area contributed by atoms with E-state index in [0.29, 0.717) is 6.42 Å². The van der Waals surface area contributed by atoms with E-state index in [1.165, 1.54) is 5.56 Å². The number of rotatable bonds is 5. The fourth-order valence-electron chi connectivity index (χ4n) is 1.79. The van der Waals surface area contributed by atoms with E-state index in [1.54, 1.807) is 13.3 Å². The van der Waals surface area contributed by atoms with Gasteiger partial charge in [0.25, 0.3) is 0 Å². The lowest BCUT2D eigenvalue weighted by Gasteiger charge is -2.03. The zero-order valence-electron chi connectivity index (χ0n) is 10.3. The maximum absolute atomic E-state index is 10.8. The summed E-state index contributed by atoms with van der Waals surface area (Å²) >= 11 is 0. The number of carboxylic acid groups (broad SMARTS) is 1. The lowest BCUT2D eigenvalue weighted by Crippen LogP contribution is -2.12. The van der Waals surface area contributed by atoms with E-state index in [9.17, 15) is 4.79 Å². The molecule has 0 bridgehead atoms. The summed E-state index contributed by atoms with van der Waals surface area (Å²) in [5.74, 6) is -1.18. The van der Waals surface area contributed by atoms with Gasteiger partial charge >= 0.3 is 5.97 Å². The molecule has 94 valence electrons. The Balaban J connectivity index is 2.00. The topological polar surface area (TPSA) is 55.1 Å². The molecule has 18 heavy (non-hydrogen) atoms. The van der Waals surface area contributed by atoms with Crippen molar-refractivity contribution >= 4 is 5.97 Å². The first-order valence-corrected chi connectivity index (χ1v) is 5.92. The van der Waals surface area contributed by atoms with Crippen LogP contribution < -0.4 is 0 Å². The van der Waals surface area contributed by atoms with Crippen molar-refractivity contribution in [1.29, 1.82) is 0 Å². The van der Waals surface area contributed by atoms with Gasteiger partial charge in [0, 0.05) is 19.2 Å². The van der Waals surface area contributed by atoms with Crippen LogP contribution >= 0.6 is 0 Å². The minimum Gasteiger partial charge on any atom is -0.481 e. The number of aliphatic carboxylic acids is 1. The van der Waals surface area contributed by atoms with E-state index >= 15 is 0 Å². The summed E-state index contributed by atoms with van der Waals surface area (Å²) in [6.07, 6.45) is 4.13. The van der Waals surface area contributed by atoms with E-state index in [2.05, 4.69) is 17.1 Å². The lowest BCUT2D eigenvalue weighted by atomic mass is 10.1. The van der Waals surface area contributed by atoms with E-state index in [1.807, 2.05) is 29.0 Å². The molecule has 0 aliphatic rings. The molecule has 0 spiro atoms. The molecule has 2 rings (SSSR count). The van der Waals surface area contributed by atoms with E-state index < -0.39 is 11.9 Å². The van der Waals surface area contributed by atoms with Crippen molar-refractivity contribution in [2.45, 2.75) is 19.9 Å². The maximum Gasteiger partial charge on any atom is 0.306 e. The van der Waals surface area contributed by atoms with Gasteiger partial charge in [-0.1, -0.05) is 37.3 Å². The molecule has 4 nitrogen and oxygen atoms in total. The smallest absolute Gasteiger partial charge is 0.306 e. The van der Waals surface area contributed by atoms with Crippen molar-refractivity contribution in [3.63, 3.8) is 0 Å². The summed E-state index contributed by atoms with van der Waals surface area (Å²) in [5.41, 5.74) is 2.02. The minimum atomic E-state index is -0.785. The molecule has 0 radical (unpaired) electrons. The quantitative estimate of drug-likeness (QED) is 0.877. The number of carbonyl (C=O) groups is 1. The van der Waals surface area contributed by atoms with Crippen molar-refractivity contribution in [2.24, 2.45) is 5.92 Å². The zero-order valence-corrected chi connectivity index (χ0v) is 10.3. The van der Waals surface area contributed by atoms with Gasteiger partial charge in [-0.15, -0.1) is 0 Å². The Kier molecular flexibility index (Phi) is 3.77. The molecule has 1 aromatic heterocycles. The molecule has 0 aliphatic heterocycles. The molecule has 0 amide bonds. The second kappa shape index (κ2) is 5.49. The lowest BCUT2D eigenvalue weighted by molar-refractivity contribution is -0.141. The largest absolute Gasteiger partial charge is 0.481 e. The first-order valence-electron chi connectivity index (χ1n) is 5.92. The summed E-state index contributed by atoms with van der Waals surface area (Å²) in [5, 5.41) is 8.85. The third kappa shape index (κ3) is 3.20. The molecule has 0 saturated carbocycles. The van der Waals surface area contributed by atoms with E-state index in [0.717, 1.165) is 12.2 Å². The van der Waals surface area contributed by atoms with E-state index in [4.69, 9.17) is 5.11 Å². The molecule has 0 fully saturated rings. The number of hydrogen-bond donors (Lipinski definition) is 1. The highest BCUT2D eigenvalue weighted by Gasteiger charge is 2.13. The summed E-state index contributed by atoms with van der Waals surface area (Å²) in [4.78, 5) is 15.0. The molecule has 1 atom stereocenters. The van der Waals surface area contributed by atoms with E-state index in [-0.39, 0.29) is 0 Å². The number of imidazole rings is 1. The van der Waals surface area contributed by atoms with Gasteiger partial charge in [0.05, 0.1) is 17.9 Å². The second-order valence-electron chi connectivity index (χ2n) is 4.47. The Bertz CT molecular complexity index is 520. The summed E-state index contributed by atoms with van der Waals surface area (Å²) in [6, 6.07) is 10.1. The average Bonchev–Trinajstić information content (AvgIpc) is 2.77. The molecule has 1 aromatic carbocycles. The van der Waals surface area contributed by atoms with Gasteiger partial charge < -0.3 is 9.67 Å². The minimum absolute atomic E-state index is 0.398. The van der Waals surface area contributed by atoms with Crippen LogP contribution in [-0.4, -0.2) is 20.6 Å². The molecular weight excluding hydrogens is 228 g/mol. The normalized spacial score (nSPS) is 12.3.